The van der Waals surface area contributed by atoms with Crippen molar-refractivity contribution in [2.45, 2.75) is 12.9 Å². The van der Waals surface area contributed by atoms with Crippen LogP contribution in [0.25, 0.3) is 0 Å². The predicted octanol–water partition coefficient (Wildman–Crippen LogP) is 4.19. The molecule has 0 aliphatic carbocycles. The molecule has 0 aliphatic heterocycles. The van der Waals surface area contributed by atoms with Crippen LogP contribution in [0.1, 0.15) is 15.9 Å². The molecule has 1 N–H and O–H groups in total. The van der Waals surface area contributed by atoms with Crippen LogP contribution < -0.4 is 15.6 Å². The summed E-state index contributed by atoms with van der Waals surface area (Å²) in [5.41, 5.74) is 0.153. The lowest BCUT2D eigenvalue weighted by Gasteiger charge is -2.11. The first-order valence-corrected chi connectivity index (χ1v) is 8.32. The maximum Gasteiger partial charge on any atom is 0.573 e. The molecule has 0 fully saturated rings. The topological polar surface area (TPSA) is 60.3 Å². The summed E-state index contributed by atoms with van der Waals surface area (Å²) in [4.78, 5) is 25.0. The second kappa shape index (κ2) is 8.17. The summed E-state index contributed by atoms with van der Waals surface area (Å²) in [6.07, 6.45) is -3.32. The lowest BCUT2D eigenvalue weighted by atomic mass is 10.2. The molecule has 0 atom stereocenters. The van der Waals surface area contributed by atoms with E-state index in [0.717, 1.165) is 12.1 Å². The van der Waals surface area contributed by atoms with Gasteiger partial charge >= 0.3 is 6.36 Å². The average molecular weight is 406 g/mol. The van der Waals surface area contributed by atoms with Crippen LogP contribution in [0.5, 0.6) is 5.75 Å². The zero-order valence-electron chi connectivity index (χ0n) is 14.7. The number of amides is 1. The molecule has 29 heavy (non-hydrogen) atoms. The highest BCUT2D eigenvalue weighted by Crippen LogP contribution is 2.24. The molecular formula is C20H14F4N2O3. The van der Waals surface area contributed by atoms with Crippen molar-refractivity contribution in [1.29, 1.82) is 0 Å². The smallest absolute Gasteiger partial charge is 0.406 e. The van der Waals surface area contributed by atoms with E-state index in [0.29, 0.717) is 5.56 Å². The first-order valence-electron chi connectivity index (χ1n) is 8.32. The lowest BCUT2D eigenvalue weighted by Crippen LogP contribution is -2.29. The quantitative estimate of drug-likeness (QED) is 0.647. The fourth-order valence-electron chi connectivity index (χ4n) is 2.56. The van der Waals surface area contributed by atoms with Crippen LogP contribution in [0.15, 0.2) is 71.7 Å². The monoisotopic (exact) mass is 406 g/mol. The van der Waals surface area contributed by atoms with Crippen molar-refractivity contribution in [3.05, 3.63) is 94.2 Å². The number of benzene rings is 2. The van der Waals surface area contributed by atoms with E-state index >= 15 is 0 Å². The molecule has 3 aromatic rings. The highest BCUT2D eigenvalue weighted by Gasteiger charge is 2.31. The van der Waals surface area contributed by atoms with E-state index < -0.39 is 29.4 Å². The Bertz CT molecular complexity index is 1060. The minimum atomic E-state index is -4.82. The Hall–Kier alpha value is -3.62. The number of halogens is 4. The van der Waals surface area contributed by atoms with Gasteiger partial charge in [-0.15, -0.1) is 13.2 Å². The molecule has 1 amide bonds. The molecule has 1 aromatic heterocycles. The van der Waals surface area contributed by atoms with Crippen LogP contribution in [0.2, 0.25) is 0 Å². The van der Waals surface area contributed by atoms with Gasteiger partial charge in [0.1, 0.15) is 17.1 Å². The molecule has 0 unspecified atom stereocenters. The third-order valence-electron chi connectivity index (χ3n) is 3.88. The first kappa shape index (κ1) is 20.1. The molecule has 0 radical (unpaired) electrons. The number of carbonyl (C=O) groups is 1. The molecule has 150 valence electrons. The lowest BCUT2D eigenvalue weighted by molar-refractivity contribution is -0.274. The average Bonchev–Trinajstić information content (AvgIpc) is 2.65. The van der Waals surface area contributed by atoms with Crippen LogP contribution in [0, 0.1) is 5.82 Å². The standard InChI is InChI=1S/C20H14F4N2O3/c21-14-5-3-13(4-6-14)12-26-11-1-2-17(19(26)28)18(27)25-15-7-9-16(10-8-15)29-20(22,23)24/h1-11H,12H2,(H,25,27). The molecule has 9 heteroatoms. The van der Waals surface area contributed by atoms with Gasteiger partial charge < -0.3 is 14.6 Å². The second-order valence-electron chi connectivity index (χ2n) is 6.01. The van der Waals surface area contributed by atoms with Crippen molar-refractivity contribution in [3.63, 3.8) is 0 Å². The van der Waals surface area contributed by atoms with Gasteiger partial charge in [0, 0.05) is 11.9 Å². The van der Waals surface area contributed by atoms with Crippen molar-refractivity contribution in [2.75, 3.05) is 5.32 Å². The van der Waals surface area contributed by atoms with E-state index in [9.17, 15) is 27.2 Å². The summed E-state index contributed by atoms with van der Waals surface area (Å²) in [6, 6.07) is 13.0. The van der Waals surface area contributed by atoms with Crippen LogP contribution in [0.4, 0.5) is 23.2 Å². The van der Waals surface area contributed by atoms with Crippen molar-refractivity contribution in [1.82, 2.24) is 4.57 Å². The van der Waals surface area contributed by atoms with Gasteiger partial charge in [-0.05, 0) is 54.1 Å². The van der Waals surface area contributed by atoms with E-state index in [1.165, 1.54) is 59.3 Å². The summed E-state index contributed by atoms with van der Waals surface area (Å²) in [5, 5.41) is 2.45. The fourth-order valence-corrected chi connectivity index (χ4v) is 2.56. The summed E-state index contributed by atoms with van der Waals surface area (Å²) >= 11 is 0. The minimum Gasteiger partial charge on any atom is -0.406 e. The number of hydrogen-bond acceptors (Lipinski definition) is 3. The fraction of sp³-hybridized carbons (Fsp3) is 0.100. The number of aromatic nitrogens is 1. The van der Waals surface area contributed by atoms with E-state index in [1.807, 2.05) is 0 Å². The summed E-state index contributed by atoms with van der Waals surface area (Å²) in [7, 11) is 0. The van der Waals surface area contributed by atoms with E-state index in [1.54, 1.807) is 0 Å². The number of carbonyl (C=O) groups excluding carboxylic acids is 1. The third kappa shape index (κ3) is 5.44. The van der Waals surface area contributed by atoms with Crippen LogP contribution in [-0.2, 0) is 6.54 Å². The van der Waals surface area contributed by atoms with Crippen LogP contribution >= 0.6 is 0 Å². The van der Waals surface area contributed by atoms with Crippen molar-refractivity contribution >= 4 is 11.6 Å². The van der Waals surface area contributed by atoms with Gasteiger partial charge in [0.05, 0.1) is 6.54 Å². The Morgan fingerprint density at radius 2 is 1.66 bits per heavy atom. The molecule has 0 saturated carbocycles. The van der Waals surface area contributed by atoms with Gasteiger partial charge in [-0.2, -0.15) is 0 Å². The molecule has 0 saturated heterocycles. The molecule has 0 aliphatic rings. The Labute approximate surface area is 162 Å². The number of hydrogen-bond donors (Lipinski definition) is 1. The Kier molecular flexibility index (Phi) is 5.67. The molecule has 1 heterocycles. The van der Waals surface area contributed by atoms with E-state index in [4.69, 9.17) is 0 Å². The van der Waals surface area contributed by atoms with E-state index in [-0.39, 0.29) is 17.8 Å². The summed E-state index contributed by atoms with van der Waals surface area (Å²) in [5.74, 6) is -1.55. The largest absolute Gasteiger partial charge is 0.573 e. The molecule has 0 spiro atoms. The van der Waals surface area contributed by atoms with Crippen LogP contribution in [-0.4, -0.2) is 16.8 Å². The number of anilines is 1. The highest BCUT2D eigenvalue weighted by molar-refractivity contribution is 6.04. The maximum absolute atomic E-state index is 13.0. The van der Waals surface area contributed by atoms with Gasteiger partial charge in [0.15, 0.2) is 0 Å². The zero-order valence-corrected chi connectivity index (χ0v) is 14.7. The maximum atomic E-state index is 13.0. The van der Waals surface area contributed by atoms with E-state index in [2.05, 4.69) is 10.1 Å². The summed E-state index contributed by atoms with van der Waals surface area (Å²) in [6.45, 7) is 0.143. The normalized spacial score (nSPS) is 11.2. The zero-order chi connectivity index (χ0) is 21.0. The summed E-state index contributed by atoms with van der Waals surface area (Å²) < 4.78 is 54.6. The van der Waals surface area contributed by atoms with Gasteiger partial charge in [-0.3, -0.25) is 9.59 Å². The third-order valence-corrected chi connectivity index (χ3v) is 3.88. The van der Waals surface area contributed by atoms with Crippen LogP contribution in [0.3, 0.4) is 0 Å². The number of pyridine rings is 1. The van der Waals surface area contributed by atoms with Crippen molar-refractivity contribution < 1.29 is 27.1 Å². The number of nitrogens with zero attached hydrogens (tertiary/aromatic N) is 1. The molecule has 0 bridgehead atoms. The Balaban J connectivity index is 1.74. The van der Waals surface area contributed by atoms with Gasteiger partial charge in [0.25, 0.3) is 11.5 Å². The van der Waals surface area contributed by atoms with Gasteiger partial charge in [-0.1, -0.05) is 12.1 Å². The second-order valence-corrected chi connectivity index (χ2v) is 6.01. The highest BCUT2D eigenvalue weighted by atomic mass is 19.4. The SMILES string of the molecule is O=C(Nc1ccc(OC(F)(F)F)cc1)c1cccn(Cc2ccc(F)cc2)c1=O. The van der Waals surface area contributed by atoms with Crippen molar-refractivity contribution in [3.8, 4) is 5.75 Å². The molecule has 2 aromatic carbocycles. The Morgan fingerprint density at radius 1 is 1.00 bits per heavy atom. The number of rotatable bonds is 5. The predicted molar refractivity (Wildman–Crippen MR) is 97.3 cm³/mol. The Morgan fingerprint density at radius 3 is 2.28 bits per heavy atom. The van der Waals surface area contributed by atoms with Crippen molar-refractivity contribution in [2.24, 2.45) is 0 Å². The minimum absolute atomic E-state index is 0.143. The van der Waals surface area contributed by atoms with Gasteiger partial charge in [0.2, 0.25) is 0 Å². The number of alkyl halides is 3. The number of ether oxygens (including phenoxy) is 1. The molecular weight excluding hydrogens is 392 g/mol. The first-order chi connectivity index (χ1) is 13.7. The molecule has 3 rings (SSSR count). The number of nitrogens with one attached hydrogen (secondary N) is 1. The van der Waals surface area contributed by atoms with Gasteiger partial charge in [-0.25, -0.2) is 4.39 Å². The molecule has 5 nitrogen and oxygen atoms in total.